The molecule has 0 amide bonds. The smallest absolute Gasteiger partial charge is 0.272 e. The Morgan fingerprint density at radius 3 is 2.70 bits per heavy atom. The van der Waals surface area contributed by atoms with Crippen LogP contribution in [0.2, 0.25) is 0 Å². The van der Waals surface area contributed by atoms with Crippen molar-refractivity contribution in [1.82, 2.24) is 14.5 Å². The van der Waals surface area contributed by atoms with Crippen molar-refractivity contribution in [2.24, 2.45) is 0 Å². The molecule has 3 heterocycles. The summed E-state index contributed by atoms with van der Waals surface area (Å²) < 4.78 is 2.26. The van der Waals surface area contributed by atoms with E-state index < -0.39 is 0 Å². The summed E-state index contributed by atoms with van der Waals surface area (Å²) in [4.78, 5) is 36.6. The molecule has 0 saturated carbocycles. The molecule has 0 fully saturated rings. The van der Waals surface area contributed by atoms with Gasteiger partial charge in [-0.05, 0) is 43.2 Å². The van der Waals surface area contributed by atoms with Gasteiger partial charge in [0.15, 0.2) is 10.9 Å². The lowest BCUT2D eigenvalue weighted by molar-refractivity contribution is 0.102. The molecule has 33 heavy (non-hydrogen) atoms. The number of pyridine rings is 1. The minimum atomic E-state index is -0.103. The normalized spacial score (nSPS) is 11.3. The van der Waals surface area contributed by atoms with Gasteiger partial charge in [0.05, 0.1) is 17.8 Å². The number of fused-ring (bicyclic) bond motifs is 3. The van der Waals surface area contributed by atoms with Crippen LogP contribution in [0.15, 0.2) is 76.8 Å². The second-order valence-electron chi connectivity index (χ2n) is 7.94. The number of carbonyl (C=O) groups excluding carboxylic acids is 1. The first kappa shape index (κ1) is 21.6. The maximum atomic E-state index is 13.5. The van der Waals surface area contributed by atoms with Gasteiger partial charge in [-0.25, -0.2) is 9.97 Å². The van der Waals surface area contributed by atoms with Crippen molar-refractivity contribution in [1.29, 1.82) is 0 Å². The van der Waals surface area contributed by atoms with Crippen LogP contribution in [0.3, 0.4) is 0 Å². The predicted molar refractivity (Wildman–Crippen MR) is 136 cm³/mol. The molecule has 0 spiro atoms. The Morgan fingerprint density at radius 1 is 1.06 bits per heavy atom. The zero-order chi connectivity index (χ0) is 22.9. The van der Waals surface area contributed by atoms with Gasteiger partial charge in [-0.15, -0.1) is 11.3 Å². The molecule has 0 radical (unpaired) electrons. The molecule has 0 bridgehead atoms. The Kier molecular flexibility index (Phi) is 5.83. The molecule has 5 rings (SSSR count). The summed E-state index contributed by atoms with van der Waals surface area (Å²) in [5.74, 6) is 0.232. The van der Waals surface area contributed by atoms with Crippen molar-refractivity contribution in [3.63, 3.8) is 0 Å². The van der Waals surface area contributed by atoms with Crippen LogP contribution in [0.25, 0.3) is 20.4 Å². The fourth-order valence-corrected chi connectivity index (χ4v) is 5.71. The lowest BCUT2D eigenvalue weighted by Gasteiger charge is -2.12. The minimum Gasteiger partial charge on any atom is -0.293 e. The highest BCUT2D eigenvalue weighted by atomic mass is 32.2. The van der Waals surface area contributed by atoms with Gasteiger partial charge in [0.1, 0.15) is 9.53 Å². The summed E-state index contributed by atoms with van der Waals surface area (Å²) in [6.45, 7) is 4.31. The number of hydrogen-bond acceptors (Lipinski definition) is 6. The number of aromatic nitrogens is 3. The van der Waals surface area contributed by atoms with Crippen LogP contribution in [0.4, 0.5) is 0 Å². The van der Waals surface area contributed by atoms with Gasteiger partial charge in [0, 0.05) is 17.1 Å². The fourth-order valence-electron chi connectivity index (χ4n) is 3.80. The van der Waals surface area contributed by atoms with Crippen LogP contribution in [0, 0.1) is 13.8 Å². The van der Waals surface area contributed by atoms with Gasteiger partial charge in [-0.2, -0.15) is 0 Å². The molecule has 164 valence electrons. The quantitative estimate of drug-likeness (QED) is 0.182. The van der Waals surface area contributed by atoms with Gasteiger partial charge in [-0.3, -0.25) is 14.2 Å². The number of rotatable bonds is 6. The summed E-state index contributed by atoms with van der Waals surface area (Å²) in [5.41, 5.74) is 4.26. The van der Waals surface area contributed by atoms with E-state index in [2.05, 4.69) is 4.98 Å². The fraction of sp³-hybridized carbons (Fsp3) is 0.154. The molecule has 7 heteroatoms. The molecule has 5 aromatic rings. The number of benzene rings is 2. The van der Waals surface area contributed by atoms with E-state index in [0.29, 0.717) is 27.5 Å². The molecule has 0 aliphatic carbocycles. The molecule has 0 unspecified atom stereocenters. The largest absolute Gasteiger partial charge is 0.293 e. The maximum Gasteiger partial charge on any atom is 0.272 e. The zero-order valence-corrected chi connectivity index (χ0v) is 19.9. The first-order chi connectivity index (χ1) is 16.0. The van der Waals surface area contributed by atoms with Gasteiger partial charge in [-0.1, -0.05) is 59.8 Å². The highest BCUT2D eigenvalue weighted by molar-refractivity contribution is 7.99. The molecule has 0 aliphatic rings. The number of aryl methyl sites for hydroxylation is 2. The van der Waals surface area contributed by atoms with Crippen molar-refractivity contribution >= 4 is 49.3 Å². The van der Waals surface area contributed by atoms with E-state index in [9.17, 15) is 9.59 Å². The topological polar surface area (TPSA) is 64.8 Å². The van der Waals surface area contributed by atoms with Crippen LogP contribution in [0.1, 0.15) is 27.0 Å². The Hall–Kier alpha value is -3.29. The van der Waals surface area contributed by atoms with Crippen LogP contribution in [0.5, 0.6) is 0 Å². The Bertz CT molecular complexity index is 1560. The van der Waals surface area contributed by atoms with E-state index in [0.717, 1.165) is 26.9 Å². The molecule has 0 aliphatic heterocycles. The number of Topliss-reactive ketones (excluding diaryl/α,β-unsaturated/α-hetero) is 1. The van der Waals surface area contributed by atoms with E-state index in [1.165, 1.54) is 23.1 Å². The highest BCUT2D eigenvalue weighted by Gasteiger charge is 2.19. The summed E-state index contributed by atoms with van der Waals surface area (Å²) in [6, 6.07) is 19.5. The monoisotopic (exact) mass is 471 g/mol. The molecular formula is C26H21N3O2S2. The Morgan fingerprint density at radius 2 is 1.88 bits per heavy atom. The first-order valence-corrected chi connectivity index (χ1v) is 12.4. The molecule has 2 aromatic carbocycles. The third-order valence-electron chi connectivity index (χ3n) is 5.53. The molecule has 0 saturated heterocycles. The number of thiophene rings is 1. The Balaban J connectivity index is 1.58. The number of hydrogen-bond donors (Lipinski definition) is 0. The minimum absolute atomic E-state index is 0.0265. The first-order valence-electron chi connectivity index (χ1n) is 10.6. The average Bonchev–Trinajstić information content (AvgIpc) is 3.20. The Labute approximate surface area is 199 Å². The van der Waals surface area contributed by atoms with Crippen molar-refractivity contribution in [3.8, 4) is 0 Å². The summed E-state index contributed by atoms with van der Waals surface area (Å²) in [5, 5.41) is 1.41. The third kappa shape index (κ3) is 4.21. The van der Waals surface area contributed by atoms with Gasteiger partial charge in [0.25, 0.3) is 5.56 Å². The SMILES string of the molecule is Cc1ccc(C)c(C(=O)CSc2nc3c(sc4ncccc43)c(=O)n2Cc2ccccc2)c1. The summed E-state index contributed by atoms with van der Waals surface area (Å²) in [6.07, 6.45) is 1.72. The van der Waals surface area contributed by atoms with Crippen LogP contribution in [-0.2, 0) is 6.54 Å². The summed E-state index contributed by atoms with van der Waals surface area (Å²) >= 11 is 2.67. The second-order valence-corrected chi connectivity index (χ2v) is 9.88. The molecule has 5 nitrogen and oxygen atoms in total. The second kappa shape index (κ2) is 8.92. The van der Waals surface area contributed by atoms with Gasteiger partial charge >= 0.3 is 0 Å². The average molecular weight is 472 g/mol. The zero-order valence-electron chi connectivity index (χ0n) is 18.2. The number of ketones is 1. The van der Waals surface area contributed by atoms with Crippen molar-refractivity contribution in [2.45, 2.75) is 25.5 Å². The molecular weight excluding hydrogens is 450 g/mol. The van der Waals surface area contributed by atoms with Gasteiger partial charge < -0.3 is 0 Å². The van der Waals surface area contributed by atoms with E-state index in [1.54, 1.807) is 10.8 Å². The van der Waals surface area contributed by atoms with Crippen molar-refractivity contribution < 1.29 is 4.79 Å². The maximum absolute atomic E-state index is 13.5. The van der Waals surface area contributed by atoms with E-state index in [1.807, 2.05) is 74.5 Å². The van der Waals surface area contributed by atoms with E-state index >= 15 is 0 Å². The third-order valence-corrected chi connectivity index (χ3v) is 7.59. The lowest BCUT2D eigenvalue weighted by Crippen LogP contribution is -2.23. The van der Waals surface area contributed by atoms with E-state index in [-0.39, 0.29) is 17.1 Å². The number of nitrogens with zero attached hydrogens (tertiary/aromatic N) is 3. The standard InChI is InChI=1S/C26H21N3O2S2/c1-16-10-11-17(2)20(13-16)21(30)15-32-26-28-22-19-9-6-12-27-24(19)33-23(22)25(31)29(26)14-18-7-4-3-5-8-18/h3-13H,14-15H2,1-2H3. The summed E-state index contributed by atoms with van der Waals surface area (Å²) in [7, 11) is 0. The molecule has 0 N–H and O–H groups in total. The molecule has 3 aromatic heterocycles. The van der Waals surface area contributed by atoms with Crippen LogP contribution in [-0.4, -0.2) is 26.1 Å². The number of carbonyl (C=O) groups is 1. The van der Waals surface area contributed by atoms with E-state index in [4.69, 9.17) is 4.98 Å². The van der Waals surface area contributed by atoms with Crippen molar-refractivity contribution in [3.05, 3.63) is 99.5 Å². The highest BCUT2D eigenvalue weighted by Crippen LogP contribution is 2.31. The molecule has 0 atom stereocenters. The van der Waals surface area contributed by atoms with Crippen LogP contribution >= 0.6 is 23.1 Å². The van der Waals surface area contributed by atoms with Crippen LogP contribution < -0.4 is 5.56 Å². The van der Waals surface area contributed by atoms with Crippen molar-refractivity contribution in [2.75, 3.05) is 5.75 Å². The number of thioether (sulfide) groups is 1. The van der Waals surface area contributed by atoms with Gasteiger partial charge in [0.2, 0.25) is 0 Å². The lowest BCUT2D eigenvalue weighted by atomic mass is 10.0. The predicted octanol–water partition coefficient (Wildman–Crippen LogP) is 5.65.